The van der Waals surface area contributed by atoms with Crippen molar-refractivity contribution in [2.45, 2.75) is 87.6 Å². The molecule has 1 saturated carbocycles. The molecule has 2 aliphatic carbocycles. The van der Waals surface area contributed by atoms with E-state index in [1.165, 1.54) is 26.0 Å². The zero-order valence-electron chi connectivity index (χ0n) is 36.6. The third-order valence-electron chi connectivity index (χ3n) is 11.9. The number of anilines is 1. The number of rotatable bonds is 17. The normalized spacial score (nSPS) is 17.7. The highest BCUT2D eigenvalue weighted by molar-refractivity contribution is 7.92. The van der Waals surface area contributed by atoms with E-state index in [0.29, 0.717) is 12.3 Å². The summed E-state index contributed by atoms with van der Waals surface area (Å²) in [6.07, 6.45) is -10.1. The number of sulfone groups is 1. The van der Waals surface area contributed by atoms with Gasteiger partial charge in [-0.15, -0.1) is 0 Å². The number of aryl methyl sites for hydroxylation is 1. The minimum absolute atomic E-state index is 0.0336. The van der Waals surface area contributed by atoms with Crippen LogP contribution in [0.1, 0.15) is 72.6 Å². The Morgan fingerprint density at radius 2 is 1.61 bits per heavy atom. The Hall–Kier alpha value is -4.86. The van der Waals surface area contributed by atoms with Crippen LogP contribution in [-0.4, -0.2) is 87.2 Å². The first kappa shape index (κ1) is 53.0. The number of halogens is 11. The van der Waals surface area contributed by atoms with Crippen molar-refractivity contribution in [2.24, 2.45) is 5.92 Å². The number of fused-ring (bicyclic) bond motifs is 4. The standard InChI is InChI=1S/C40H39ClF10N7O9PS2/c1-37(2,69(3,63)64)10-9-22-5-6-23(24-7-8-27(41)31-33(24)57(17-38(44,45)46)55-36(31)58(70(4,65)66)18-67-68(60,61)62)32(52-22)28(13-19-11-20(42)14-21(43)12-19)53-29(59)16-56-35-30(34(54-56)40(49,50)51)25-15-26(25)39(35,47)48/h5-8,11-12,14,25-26,28H,9-10,13,15-18H2,1-4H3,(H,53,59)(H2,60,61,62)/t25?,26-,28+/m1/s1. The lowest BCUT2D eigenvalue weighted by Gasteiger charge is -2.25. The van der Waals surface area contributed by atoms with Crippen LogP contribution in [0.15, 0.2) is 42.5 Å². The molecule has 0 saturated heterocycles. The predicted octanol–water partition coefficient (Wildman–Crippen LogP) is 7.71. The number of phosphoric acid groups is 1. The van der Waals surface area contributed by atoms with E-state index in [4.69, 9.17) is 11.6 Å². The summed E-state index contributed by atoms with van der Waals surface area (Å²) in [6, 6.07) is 5.03. The van der Waals surface area contributed by atoms with E-state index >= 15 is 8.78 Å². The highest BCUT2D eigenvalue weighted by Gasteiger charge is 2.68. The van der Waals surface area contributed by atoms with Crippen LogP contribution in [0.3, 0.4) is 0 Å². The minimum Gasteiger partial charge on any atom is -0.346 e. The molecule has 16 nitrogen and oxygen atoms in total. The average Bonchev–Trinajstić information content (AvgIpc) is 3.70. The number of carbonyl (C=O) groups is 1. The molecule has 2 aliphatic rings. The molecular weight excluding hydrogens is 1040 g/mol. The molecule has 1 unspecified atom stereocenters. The third kappa shape index (κ3) is 11.0. The molecule has 0 bridgehead atoms. The molecular formula is C40H39ClF10N7O9PS2. The maximum absolute atomic E-state index is 15.6. The number of aromatic nitrogens is 5. The van der Waals surface area contributed by atoms with Crippen molar-refractivity contribution in [1.29, 1.82) is 0 Å². The van der Waals surface area contributed by atoms with Crippen molar-refractivity contribution >= 4 is 61.9 Å². The summed E-state index contributed by atoms with van der Waals surface area (Å²) < 4.78 is 213. The molecule has 0 spiro atoms. The monoisotopic (exact) mass is 1080 g/mol. The fraction of sp³-hybridized carbons (Fsp3) is 0.450. The first-order chi connectivity index (χ1) is 32.0. The van der Waals surface area contributed by atoms with Crippen LogP contribution < -0.4 is 9.62 Å². The lowest BCUT2D eigenvalue weighted by molar-refractivity contribution is -0.143. The van der Waals surface area contributed by atoms with Crippen molar-refractivity contribution in [2.75, 3.05) is 23.5 Å². The molecule has 0 radical (unpaired) electrons. The first-order valence-electron chi connectivity index (χ1n) is 20.4. The van der Waals surface area contributed by atoms with Crippen molar-refractivity contribution in [1.82, 2.24) is 29.9 Å². The molecule has 5 aromatic rings. The Morgan fingerprint density at radius 3 is 2.19 bits per heavy atom. The van der Waals surface area contributed by atoms with Crippen LogP contribution in [-0.2, 0) is 71.8 Å². The zero-order valence-corrected chi connectivity index (χ0v) is 39.9. The molecule has 30 heteroatoms. The number of alkyl halides is 8. The van der Waals surface area contributed by atoms with Crippen LogP contribution in [0.25, 0.3) is 22.0 Å². The number of sulfonamides is 1. The van der Waals surface area contributed by atoms with Gasteiger partial charge in [0.1, 0.15) is 37.1 Å². The smallest absolute Gasteiger partial charge is 0.346 e. The molecule has 3 heterocycles. The highest BCUT2D eigenvalue weighted by Crippen LogP contribution is 2.68. The molecule has 2 aromatic carbocycles. The Kier molecular flexibility index (Phi) is 13.6. The maximum atomic E-state index is 15.6. The van der Waals surface area contributed by atoms with E-state index < -0.39 is 157 Å². The third-order valence-corrected chi connectivity index (χ3v) is 16.0. The van der Waals surface area contributed by atoms with Gasteiger partial charge < -0.3 is 15.1 Å². The summed E-state index contributed by atoms with van der Waals surface area (Å²) in [4.78, 5) is 37.6. The lowest BCUT2D eigenvalue weighted by atomic mass is 9.93. The first-order valence-corrected chi connectivity index (χ1v) is 26.1. The predicted molar refractivity (Wildman–Crippen MR) is 230 cm³/mol. The fourth-order valence-corrected chi connectivity index (χ4v) is 10.0. The number of hydrogen-bond donors (Lipinski definition) is 3. The minimum atomic E-state index is -5.47. The molecule has 3 aromatic heterocycles. The van der Waals surface area contributed by atoms with Crippen LogP contribution in [0.4, 0.5) is 49.7 Å². The second-order valence-corrected chi connectivity index (χ2v) is 23.7. The number of benzene rings is 2. The molecule has 0 aliphatic heterocycles. The highest BCUT2D eigenvalue weighted by atomic mass is 35.5. The Balaban J connectivity index is 1.46. The summed E-state index contributed by atoms with van der Waals surface area (Å²) in [5.41, 5.74) is -5.40. The van der Waals surface area contributed by atoms with Gasteiger partial charge in [0, 0.05) is 40.6 Å². The number of phosphoric ester groups is 1. The number of carbonyl (C=O) groups excluding carboxylic acids is 1. The van der Waals surface area contributed by atoms with Crippen LogP contribution in [0.5, 0.6) is 0 Å². The number of amides is 1. The fourth-order valence-electron chi connectivity index (χ4n) is 8.29. The second kappa shape index (κ2) is 18.0. The molecule has 1 fully saturated rings. The number of nitrogens with one attached hydrogen (secondary N) is 1. The molecule has 382 valence electrons. The van der Waals surface area contributed by atoms with Crippen molar-refractivity contribution in [3.05, 3.63) is 93.0 Å². The van der Waals surface area contributed by atoms with Crippen LogP contribution >= 0.6 is 19.4 Å². The van der Waals surface area contributed by atoms with Crippen molar-refractivity contribution in [3.63, 3.8) is 0 Å². The number of pyridine rings is 1. The van der Waals surface area contributed by atoms with Crippen molar-refractivity contribution < 1.29 is 84.4 Å². The molecule has 1 amide bonds. The van der Waals surface area contributed by atoms with Crippen LogP contribution in [0, 0.1) is 17.6 Å². The van der Waals surface area contributed by atoms with Crippen LogP contribution in [0.2, 0.25) is 5.02 Å². The van der Waals surface area contributed by atoms with Gasteiger partial charge in [-0.05, 0) is 75.3 Å². The van der Waals surface area contributed by atoms with Gasteiger partial charge in [0.15, 0.2) is 21.3 Å². The van der Waals surface area contributed by atoms with E-state index in [1.54, 1.807) is 0 Å². The topological polar surface area (TPSA) is 216 Å². The molecule has 7 rings (SSSR count). The number of hydrogen-bond acceptors (Lipinski definition) is 10. The van der Waals surface area contributed by atoms with E-state index in [0.717, 1.165) is 30.5 Å². The van der Waals surface area contributed by atoms with E-state index in [1.807, 2.05) is 0 Å². The summed E-state index contributed by atoms with van der Waals surface area (Å²) in [5, 5.41) is 8.59. The van der Waals surface area contributed by atoms with Gasteiger partial charge in [0.05, 0.1) is 38.7 Å². The van der Waals surface area contributed by atoms with Gasteiger partial charge in [0.2, 0.25) is 15.9 Å². The summed E-state index contributed by atoms with van der Waals surface area (Å²) in [6.45, 7) is -2.00. The quantitative estimate of drug-likeness (QED) is 0.0464. The summed E-state index contributed by atoms with van der Waals surface area (Å²) in [7, 11) is -14.0. The second-order valence-electron chi connectivity index (χ2n) is 17.5. The SMILES string of the molecule is CC(C)(CCc1ccc(-c2ccc(Cl)c3c(N(COP(=O)(O)O)S(C)(=O)=O)nn(CC(F)(F)F)c23)c([C@H](Cc2cc(F)cc(F)c2)NC(=O)Cn2nc(C(F)(F)F)c3c2C(F)(F)[C@@H]2CC32)n1)S(C)(=O)=O. The Morgan fingerprint density at radius 1 is 0.986 bits per heavy atom. The maximum Gasteiger partial charge on any atom is 0.471 e. The van der Waals surface area contributed by atoms with E-state index in [9.17, 15) is 71.1 Å². The van der Waals surface area contributed by atoms with Gasteiger partial charge in [-0.25, -0.2) is 34.5 Å². The van der Waals surface area contributed by atoms with E-state index in [-0.39, 0.29) is 55.3 Å². The van der Waals surface area contributed by atoms with Gasteiger partial charge in [-0.3, -0.25) is 23.7 Å². The average molecular weight is 1080 g/mol. The number of nitrogens with zero attached hydrogens (tertiary/aromatic N) is 6. The summed E-state index contributed by atoms with van der Waals surface area (Å²) in [5.74, 6) is -11.1. The zero-order chi connectivity index (χ0) is 52.1. The Bertz CT molecular complexity index is 3180. The summed E-state index contributed by atoms with van der Waals surface area (Å²) >= 11 is 6.55. The lowest BCUT2D eigenvalue weighted by Crippen LogP contribution is -2.35. The molecule has 70 heavy (non-hydrogen) atoms. The van der Waals surface area contributed by atoms with Gasteiger partial charge in [-0.2, -0.15) is 45.3 Å². The van der Waals surface area contributed by atoms with Crippen molar-refractivity contribution in [3.8, 4) is 11.1 Å². The van der Waals surface area contributed by atoms with E-state index in [2.05, 4.69) is 25.0 Å². The largest absolute Gasteiger partial charge is 0.471 e. The Labute approximate surface area is 396 Å². The van der Waals surface area contributed by atoms with Gasteiger partial charge >= 0.3 is 20.2 Å². The molecule has 3 N–H and O–H groups in total. The molecule has 3 atom stereocenters. The van der Waals surface area contributed by atoms with Gasteiger partial charge in [0.25, 0.3) is 5.92 Å². The van der Waals surface area contributed by atoms with Gasteiger partial charge in [-0.1, -0.05) is 23.7 Å².